The summed E-state index contributed by atoms with van der Waals surface area (Å²) >= 11 is 0. The van der Waals surface area contributed by atoms with Gasteiger partial charge in [0.2, 0.25) is 28.5 Å². The normalized spacial score (nSPS) is 11.1. The number of nitrogens with zero attached hydrogens (tertiary/aromatic N) is 5. The maximum atomic E-state index is 7.42. The van der Waals surface area contributed by atoms with E-state index in [9.17, 15) is 0 Å². The lowest BCUT2D eigenvalue weighted by Crippen LogP contribution is -2.30. The fraction of sp³-hybridized carbons (Fsp3) is 0.214. The van der Waals surface area contributed by atoms with E-state index in [-0.39, 0.29) is 0 Å². The van der Waals surface area contributed by atoms with Crippen molar-refractivity contribution in [1.82, 2.24) is 0 Å². The van der Waals surface area contributed by atoms with Crippen LogP contribution in [-0.4, -0.2) is 0 Å². The van der Waals surface area contributed by atoms with E-state index in [1.54, 1.807) is 12.1 Å². The summed E-state index contributed by atoms with van der Waals surface area (Å²) in [5, 5.41) is 0. The van der Waals surface area contributed by atoms with Gasteiger partial charge in [-0.15, -0.1) is 0 Å². The Morgan fingerprint density at radius 3 is 0.933 bits per heavy atom. The van der Waals surface area contributed by atoms with Gasteiger partial charge >= 0.3 is 0 Å². The summed E-state index contributed by atoms with van der Waals surface area (Å²) in [5.74, 6) is 0. The first kappa shape index (κ1) is 51.7. The number of benzene rings is 5. The zero-order valence-corrected chi connectivity index (χ0v) is 46.9. The molecular weight excluding hydrogens is 911 g/mol. The summed E-state index contributed by atoms with van der Waals surface area (Å²) in [4.78, 5) is 0. The predicted octanol–water partition coefficient (Wildman–Crippen LogP) is 14.0. The topological polar surface area (TPSA) is 19.4 Å². The lowest BCUT2D eigenvalue weighted by atomic mass is 10.0. The Hall–Kier alpha value is -8.15. The molecule has 0 aliphatic heterocycles. The Morgan fingerprint density at radius 2 is 0.573 bits per heavy atom. The van der Waals surface area contributed by atoms with Crippen molar-refractivity contribution in [2.24, 2.45) is 35.2 Å². The van der Waals surface area contributed by atoms with Gasteiger partial charge in [-0.1, -0.05) is 77.4 Å². The fourth-order valence-corrected chi connectivity index (χ4v) is 9.14. The molecule has 5 aromatic carbocycles. The van der Waals surface area contributed by atoms with Crippen molar-refractivity contribution < 1.29 is 26.9 Å². The Balaban J connectivity index is 0.000000158. The molecule has 0 saturated carbocycles. The van der Waals surface area contributed by atoms with Crippen LogP contribution in [0.15, 0.2) is 213 Å². The Morgan fingerprint density at radius 1 is 0.253 bits per heavy atom. The molecular formula is C70H80N5+5. The summed E-state index contributed by atoms with van der Waals surface area (Å²) in [6.07, 6.45) is 10.3. The molecule has 0 radical (unpaired) electrons. The summed E-state index contributed by atoms with van der Waals surface area (Å²) in [5.41, 5.74) is 24.5. The largest absolute Gasteiger partial charge is 0.212 e. The second kappa shape index (κ2) is 26.7. The molecule has 0 aliphatic rings. The molecule has 0 unspecified atom stereocenters. The fourth-order valence-electron chi connectivity index (χ4n) is 9.14. The molecule has 0 bridgehead atoms. The first-order valence-corrected chi connectivity index (χ1v) is 25.8. The molecule has 5 nitrogen and oxygen atoms in total. The standard InChI is InChI=1S/5C14H16N/c2*1-11-7-6-8-13(12(11)2)14-9-4-5-10-15(14)3;2*1-11-7-8-13(12(2)10-11)14-6-4-5-9-15(14)3;1-11-7-8-12(2)13(10-11)14-6-4-5-9-15(14)3/h5*4-10H,1-3H3/q5*+1/i;;1D3;;. The van der Waals surface area contributed by atoms with Crippen LogP contribution in [0.25, 0.3) is 56.3 Å². The highest BCUT2D eigenvalue weighted by atomic mass is 14.9. The molecule has 10 rings (SSSR count). The molecule has 5 aromatic heterocycles. The summed E-state index contributed by atoms with van der Waals surface area (Å²) < 4.78 is 32.9. The minimum Gasteiger partial charge on any atom is -0.201 e. The Labute approximate surface area is 454 Å². The summed E-state index contributed by atoms with van der Waals surface area (Å²) in [6.45, 7) is 17.1. The van der Waals surface area contributed by atoms with Crippen LogP contribution in [0.2, 0.25) is 0 Å². The van der Waals surface area contributed by atoms with Crippen LogP contribution in [0, 0.1) is 69.2 Å². The van der Waals surface area contributed by atoms with E-state index in [1.807, 2.05) is 55.1 Å². The molecule has 0 spiro atoms. The zero-order valence-electron chi connectivity index (χ0n) is 49.9. The molecule has 380 valence electrons. The number of hydrogen-bond donors (Lipinski definition) is 0. The first-order valence-electron chi connectivity index (χ1n) is 27.3. The molecule has 5 heteroatoms. The van der Waals surface area contributed by atoms with Crippen LogP contribution in [0.4, 0.5) is 0 Å². The first-order chi connectivity index (χ1) is 37.2. The number of aromatic nitrogens is 5. The minimum atomic E-state index is -2.04. The SMILES string of the molecule is Cc1ccc(-c2cccc[n+]2C)c(C)c1.Cc1ccc(C)c(-c2cccc[n+]2C)c1.Cc1cccc(-c2cccc[n+]2C)c1C.Cc1cccc(-c2cccc[n+]2C)c1C.[2H]C([2H])([2H])c1ccc(-c2cccc[n+]2C)c(C)c1. The van der Waals surface area contributed by atoms with Crippen molar-refractivity contribution >= 4 is 0 Å². The van der Waals surface area contributed by atoms with E-state index in [2.05, 4.69) is 266 Å². The van der Waals surface area contributed by atoms with E-state index in [0.29, 0.717) is 5.56 Å². The second-order valence-corrected chi connectivity index (χ2v) is 19.6. The van der Waals surface area contributed by atoms with Gasteiger partial charge in [0.1, 0.15) is 35.2 Å². The van der Waals surface area contributed by atoms with E-state index in [4.69, 9.17) is 4.11 Å². The number of rotatable bonds is 5. The van der Waals surface area contributed by atoms with E-state index in [1.165, 1.54) is 89.5 Å². The van der Waals surface area contributed by atoms with Crippen LogP contribution < -0.4 is 22.8 Å². The van der Waals surface area contributed by atoms with Crippen molar-refractivity contribution in [2.75, 3.05) is 0 Å². The third-order valence-corrected chi connectivity index (χ3v) is 13.9. The van der Waals surface area contributed by atoms with Crippen molar-refractivity contribution in [2.45, 2.75) is 69.2 Å². The molecule has 10 aromatic rings. The van der Waals surface area contributed by atoms with E-state index >= 15 is 0 Å². The van der Waals surface area contributed by atoms with Gasteiger partial charge in [0.25, 0.3) is 0 Å². The van der Waals surface area contributed by atoms with Crippen molar-refractivity contribution in [3.05, 3.63) is 269 Å². The minimum absolute atomic E-state index is 0.391. The molecule has 0 atom stereocenters. The second-order valence-electron chi connectivity index (χ2n) is 19.6. The third kappa shape index (κ3) is 15.0. The molecule has 0 N–H and O–H groups in total. The van der Waals surface area contributed by atoms with Gasteiger partial charge in [0.05, 0.1) is 0 Å². The van der Waals surface area contributed by atoms with Crippen LogP contribution in [0.3, 0.4) is 0 Å². The lowest BCUT2D eigenvalue weighted by molar-refractivity contribution is -0.660. The molecule has 0 fully saturated rings. The number of aryl methyl sites for hydroxylation is 13. The highest BCUT2D eigenvalue weighted by Crippen LogP contribution is 2.25. The average molecular weight is 994 g/mol. The van der Waals surface area contributed by atoms with Crippen molar-refractivity contribution in [1.29, 1.82) is 0 Å². The smallest absolute Gasteiger partial charge is 0.201 e. The van der Waals surface area contributed by atoms with Gasteiger partial charge in [-0.2, -0.15) is 0 Å². The van der Waals surface area contributed by atoms with Crippen LogP contribution in [-0.2, 0) is 35.2 Å². The maximum Gasteiger partial charge on any atom is 0.212 e. The molecule has 75 heavy (non-hydrogen) atoms. The maximum absolute atomic E-state index is 7.42. The molecule has 0 saturated heterocycles. The van der Waals surface area contributed by atoms with Gasteiger partial charge in [0, 0.05) is 92.6 Å². The van der Waals surface area contributed by atoms with Crippen molar-refractivity contribution in [3.8, 4) is 56.3 Å². The van der Waals surface area contributed by atoms with Crippen LogP contribution in [0.1, 0.15) is 59.7 Å². The number of pyridine rings is 5. The Kier molecular flexibility index (Phi) is 18.4. The summed E-state index contributed by atoms with van der Waals surface area (Å²) in [7, 11) is 10.3. The van der Waals surface area contributed by atoms with Gasteiger partial charge in [-0.3, -0.25) is 0 Å². The van der Waals surface area contributed by atoms with Gasteiger partial charge in [0.15, 0.2) is 31.0 Å². The molecule has 5 heterocycles. The average Bonchev–Trinajstić information content (AvgIpc) is 3.41. The highest BCUT2D eigenvalue weighted by molar-refractivity contribution is 5.65. The van der Waals surface area contributed by atoms with E-state index < -0.39 is 6.85 Å². The zero-order chi connectivity index (χ0) is 56.7. The van der Waals surface area contributed by atoms with Crippen LogP contribution >= 0.6 is 0 Å². The van der Waals surface area contributed by atoms with Crippen LogP contribution in [0.5, 0.6) is 0 Å². The third-order valence-electron chi connectivity index (χ3n) is 13.9. The number of hydrogen-bond acceptors (Lipinski definition) is 0. The van der Waals surface area contributed by atoms with Crippen molar-refractivity contribution in [3.63, 3.8) is 0 Å². The monoisotopic (exact) mass is 994 g/mol. The molecule has 0 aliphatic carbocycles. The Bertz CT molecular complexity index is 3480. The highest BCUT2D eigenvalue weighted by Gasteiger charge is 2.15. The van der Waals surface area contributed by atoms with Gasteiger partial charge in [-0.25, -0.2) is 22.8 Å². The molecule has 0 amide bonds. The predicted molar refractivity (Wildman–Crippen MR) is 313 cm³/mol. The van der Waals surface area contributed by atoms with Gasteiger partial charge < -0.3 is 0 Å². The summed E-state index contributed by atoms with van der Waals surface area (Å²) in [6, 6.07) is 62.5. The quantitative estimate of drug-likeness (QED) is 0.153. The van der Waals surface area contributed by atoms with Gasteiger partial charge in [-0.05, 0) is 169 Å². The van der Waals surface area contributed by atoms with E-state index in [0.717, 1.165) is 16.8 Å². The lowest BCUT2D eigenvalue weighted by Gasteiger charge is -2.06.